The quantitative estimate of drug-likeness (QED) is 0.641. The molecular formula is C14H21ClO. The number of benzene rings is 1. The molecule has 0 amide bonds. The number of ether oxygens (including phenoxy) is 1. The number of halogens is 1. The maximum absolute atomic E-state index is 6.13. The smallest absolute Gasteiger partial charge is 0.122 e. The van der Waals surface area contributed by atoms with Gasteiger partial charge in [0.25, 0.3) is 0 Å². The van der Waals surface area contributed by atoms with Gasteiger partial charge < -0.3 is 4.74 Å². The van der Waals surface area contributed by atoms with Gasteiger partial charge in [0.1, 0.15) is 5.75 Å². The topological polar surface area (TPSA) is 9.23 Å². The highest BCUT2D eigenvalue weighted by molar-refractivity contribution is 6.20. The van der Waals surface area contributed by atoms with E-state index in [1.165, 1.54) is 5.56 Å². The second-order valence-electron chi connectivity index (χ2n) is 4.00. The Labute approximate surface area is 104 Å². The summed E-state index contributed by atoms with van der Waals surface area (Å²) >= 11 is 6.13. The Morgan fingerprint density at radius 2 is 2.00 bits per heavy atom. The van der Waals surface area contributed by atoms with Gasteiger partial charge >= 0.3 is 0 Å². The maximum Gasteiger partial charge on any atom is 0.122 e. The summed E-state index contributed by atoms with van der Waals surface area (Å²) in [5.41, 5.74) is 1.27. The molecule has 0 saturated heterocycles. The number of hydrogen-bond donors (Lipinski definition) is 0. The molecule has 0 aromatic heterocycles. The minimum absolute atomic E-state index is 0.277. The van der Waals surface area contributed by atoms with Crippen LogP contribution >= 0.6 is 11.6 Å². The van der Waals surface area contributed by atoms with Gasteiger partial charge in [-0.1, -0.05) is 32.0 Å². The third kappa shape index (κ3) is 4.44. The molecule has 0 N–H and O–H groups in total. The number of hydrogen-bond acceptors (Lipinski definition) is 1. The Balaban J connectivity index is 2.56. The highest BCUT2D eigenvalue weighted by atomic mass is 35.5. The predicted octanol–water partition coefficient (Wildman–Crippen LogP) is 4.43. The summed E-state index contributed by atoms with van der Waals surface area (Å²) < 4.78 is 5.71. The number of para-hydroxylation sites is 1. The monoisotopic (exact) mass is 240 g/mol. The van der Waals surface area contributed by atoms with Crippen molar-refractivity contribution in [2.75, 3.05) is 6.61 Å². The first-order chi connectivity index (χ1) is 7.77. The fourth-order valence-electron chi connectivity index (χ4n) is 1.58. The molecule has 16 heavy (non-hydrogen) atoms. The van der Waals surface area contributed by atoms with E-state index in [2.05, 4.69) is 26.0 Å². The van der Waals surface area contributed by atoms with E-state index in [9.17, 15) is 0 Å². The Kier molecular flexibility index (Phi) is 6.32. The van der Waals surface area contributed by atoms with Gasteiger partial charge in [-0.15, -0.1) is 11.6 Å². The Hall–Kier alpha value is -0.690. The lowest BCUT2D eigenvalue weighted by atomic mass is 10.1. The van der Waals surface area contributed by atoms with Gasteiger partial charge in [0.2, 0.25) is 0 Å². The fourth-order valence-corrected chi connectivity index (χ4v) is 1.69. The summed E-state index contributed by atoms with van der Waals surface area (Å²) in [7, 11) is 0. The van der Waals surface area contributed by atoms with Crippen molar-refractivity contribution in [2.24, 2.45) is 0 Å². The number of rotatable bonds is 7. The van der Waals surface area contributed by atoms with Crippen LogP contribution in [0, 0.1) is 0 Å². The van der Waals surface area contributed by atoms with E-state index in [4.69, 9.17) is 16.3 Å². The molecule has 0 bridgehead atoms. The van der Waals surface area contributed by atoms with Crippen LogP contribution in [0.1, 0.15) is 38.7 Å². The zero-order valence-electron chi connectivity index (χ0n) is 10.2. The molecule has 1 aromatic carbocycles. The van der Waals surface area contributed by atoms with Crippen molar-refractivity contribution in [3.63, 3.8) is 0 Å². The average molecular weight is 241 g/mol. The lowest BCUT2D eigenvalue weighted by molar-refractivity contribution is 0.314. The van der Waals surface area contributed by atoms with Crippen LogP contribution in [0.5, 0.6) is 5.75 Å². The largest absolute Gasteiger partial charge is 0.493 e. The predicted molar refractivity (Wildman–Crippen MR) is 70.5 cm³/mol. The van der Waals surface area contributed by atoms with Gasteiger partial charge in [-0.3, -0.25) is 0 Å². The summed E-state index contributed by atoms with van der Waals surface area (Å²) in [5.74, 6) is 1.02. The molecule has 0 spiro atoms. The first-order valence-electron chi connectivity index (χ1n) is 6.12. The van der Waals surface area contributed by atoms with Crippen molar-refractivity contribution in [1.82, 2.24) is 0 Å². The van der Waals surface area contributed by atoms with Crippen molar-refractivity contribution in [1.29, 1.82) is 0 Å². The van der Waals surface area contributed by atoms with Crippen molar-refractivity contribution in [3.8, 4) is 5.75 Å². The molecule has 1 unspecified atom stereocenters. The first-order valence-corrected chi connectivity index (χ1v) is 6.56. The number of aryl methyl sites for hydroxylation is 1. The van der Waals surface area contributed by atoms with Crippen molar-refractivity contribution in [3.05, 3.63) is 29.8 Å². The standard InChI is InChI=1S/C14H21ClO/c1-3-11-16-14-8-6-5-7-12(14)9-10-13(15)4-2/h5-8,13H,3-4,9-11H2,1-2H3. The maximum atomic E-state index is 6.13. The molecule has 0 heterocycles. The van der Waals surface area contributed by atoms with E-state index in [1.807, 2.05) is 12.1 Å². The second kappa shape index (κ2) is 7.56. The number of alkyl halides is 1. The summed E-state index contributed by atoms with van der Waals surface area (Å²) in [6.07, 6.45) is 4.09. The molecule has 1 aromatic rings. The minimum Gasteiger partial charge on any atom is -0.493 e. The third-order valence-electron chi connectivity index (χ3n) is 2.60. The van der Waals surface area contributed by atoms with Crippen molar-refractivity contribution in [2.45, 2.75) is 44.9 Å². The van der Waals surface area contributed by atoms with Crippen LogP contribution in [0.15, 0.2) is 24.3 Å². The SMILES string of the molecule is CCCOc1ccccc1CCC(Cl)CC. The molecule has 1 nitrogen and oxygen atoms in total. The van der Waals surface area contributed by atoms with Crippen molar-refractivity contribution >= 4 is 11.6 Å². The summed E-state index contributed by atoms with van der Waals surface area (Å²) in [4.78, 5) is 0. The average Bonchev–Trinajstić information content (AvgIpc) is 2.34. The molecule has 1 rings (SSSR count). The van der Waals surface area contributed by atoms with Gasteiger partial charge in [0, 0.05) is 5.38 Å². The lowest BCUT2D eigenvalue weighted by Crippen LogP contribution is -2.02. The van der Waals surface area contributed by atoms with Crippen LogP contribution < -0.4 is 4.74 Å². The molecule has 1 atom stereocenters. The Morgan fingerprint density at radius 3 is 2.69 bits per heavy atom. The molecule has 2 heteroatoms. The third-order valence-corrected chi connectivity index (χ3v) is 3.13. The molecule has 0 radical (unpaired) electrons. The Morgan fingerprint density at radius 1 is 1.25 bits per heavy atom. The normalized spacial score (nSPS) is 12.4. The van der Waals surface area contributed by atoms with Crippen LogP contribution in [-0.4, -0.2) is 12.0 Å². The van der Waals surface area contributed by atoms with Gasteiger partial charge in [-0.05, 0) is 37.3 Å². The highest BCUT2D eigenvalue weighted by Gasteiger charge is 2.06. The zero-order chi connectivity index (χ0) is 11.8. The highest BCUT2D eigenvalue weighted by Crippen LogP contribution is 2.21. The van der Waals surface area contributed by atoms with Crippen LogP contribution in [0.25, 0.3) is 0 Å². The van der Waals surface area contributed by atoms with Gasteiger partial charge in [-0.2, -0.15) is 0 Å². The van der Waals surface area contributed by atoms with Crippen molar-refractivity contribution < 1.29 is 4.74 Å². The molecular weight excluding hydrogens is 220 g/mol. The van der Waals surface area contributed by atoms with Gasteiger partial charge in [0.15, 0.2) is 0 Å². The van der Waals surface area contributed by atoms with E-state index in [0.717, 1.165) is 38.0 Å². The minimum atomic E-state index is 0.277. The van der Waals surface area contributed by atoms with E-state index in [-0.39, 0.29) is 5.38 Å². The van der Waals surface area contributed by atoms with E-state index >= 15 is 0 Å². The summed E-state index contributed by atoms with van der Waals surface area (Å²) in [6, 6.07) is 8.25. The fraction of sp³-hybridized carbons (Fsp3) is 0.571. The van der Waals surface area contributed by atoms with E-state index < -0.39 is 0 Å². The summed E-state index contributed by atoms with van der Waals surface area (Å²) in [6.45, 7) is 5.03. The molecule has 0 fully saturated rings. The zero-order valence-corrected chi connectivity index (χ0v) is 11.0. The molecule has 0 aliphatic carbocycles. The van der Waals surface area contributed by atoms with Gasteiger partial charge in [-0.25, -0.2) is 0 Å². The molecule has 90 valence electrons. The molecule has 0 saturated carbocycles. The van der Waals surface area contributed by atoms with Crippen LogP contribution in [0.4, 0.5) is 0 Å². The van der Waals surface area contributed by atoms with Crippen LogP contribution in [-0.2, 0) is 6.42 Å². The second-order valence-corrected chi connectivity index (χ2v) is 4.62. The van der Waals surface area contributed by atoms with Crippen LogP contribution in [0.3, 0.4) is 0 Å². The Bertz CT molecular complexity index is 299. The lowest BCUT2D eigenvalue weighted by Gasteiger charge is -2.12. The molecule has 0 aliphatic rings. The van der Waals surface area contributed by atoms with Crippen LogP contribution in [0.2, 0.25) is 0 Å². The summed E-state index contributed by atoms with van der Waals surface area (Å²) in [5, 5.41) is 0.277. The molecule has 0 aliphatic heterocycles. The van der Waals surface area contributed by atoms with Gasteiger partial charge in [0.05, 0.1) is 6.61 Å². The van der Waals surface area contributed by atoms with E-state index in [0.29, 0.717) is 0 Å². The first kappa shape index (κ1) is 13.4. The van der Waals surface area contributed by atoms with E-state index in [1.54, 1.807) is 0 Å².